The van der Waals surface area contributed by atoms with Gasteiger partial charge in [0.15, 0.2) is 5.82 Å². The maximum absolute atomic E-state index is 5.72. The van der Waals surface area contributed by atoms with Gasteiger partial charge in [-0.15, -0.1) is 0 Å². The van der Waals surface area contributed by atoms with Crippen LogP contribution in [-0.2, 0) is 0 Å². The molecule has 0 bridgehead atoms. The summed E-state index contributed by atoms with van der Waals surface area (Å²) in [7, 11) is 1.65. The van der Waals surface area contributed by atoms with Crippen molar-refractivity contribution in [3.63, 3.8) is 0 Å². The highest BCUT2D eigenvalue weighted by Crippen LogP contribution is 2.28. The van der Waals surface area contributed by atoms with Crippen LogP contribution in [0.5, 0.6) is 11.5 Å². The fraction of sp³-hybridized carbons (Fsp3) is 0.167. The number of hydrogen-bond donors (Lipinski definition) is 1. The smallest absolute Gasteiger partial charge is 0.162 e. The van der Waals surface area contributed by atoms with Gasteiger partial charge in [0.1, 0.15) is 17.3 Å². The van der Waals surface area contributed by atoms with Crippen molar-refractivity contribution in [3.05, 3.63) is 72.8 Å². The minimum absolute atomic E-state index is 0.145. The van der Waals surface area contributed by atoms with Gasteiger partial charge in [-0.1, -0.05) is 12.1 Å². The number of fused-ring (bicyclic) bond motifs is 1. The molecule has 1 heterocycles. The first-order chi connectivity index (χ1) is 14.1. The molecule has 0 spiro atoms. The summed E-state index contributed by atoms with van der Waals surface area (Å²) in [6.07, 6.45) is 0.145. The molecule has 1 aromatic heterocycles. The second-order valence-corrected chi connectivity index (χ2v) is 6.96. The van der Waals surface area contributed by atoms with Crippen LogP contribution in [0.15, 0.2) is 72.8 Å². The minimum Gasteiger partial charge on any atom is -0.497 e. The molecule has 4 aromatic rings. The van der Waals surface area contributed by atoms with Crippen molar-refractivity contribution < 1.29 is 9.47 Å². The molecular formula is C24H23N3O2. The van der Waals surface area contributed by atoms with Crippen LogP contribution in [0.4, 0.5) is 11.5 Å². The molecule has 29 heavy (non-hydrogen) atoms. The number of methoxy groups -OCH3 is 1. The minimum atomic E-state index is 0.145. The molecule has 0 unspecified atom stereocenters. The molecule has 5 nitrogen and oxygen atoms in total. The standard InChI is InChI=1S/C24H23N3O2/c1-16(2)29-20-14-10-18(11-15-20)25-24-21-6-4-5-7-22(21)26-23(27-24)17-8-12-19(28-3)13-9-17/h4-16H,1-3H3,(H,25,26,27). The Balaban J connectivity index is 1.70. The van der Waals surface area contributed by atoms with Gasteiger partial charge >= 0.3 is 0 Å². The summed E-state index contributed by atoms with van der Waals surface area (Å²) < 4.78 is 11.0. The van der Waals surface area contributed by atoms with E-state index in [0.29, 0.717) is 5.82 Å². The molecule has 0 aliphatic heterocycles. The molecule has 3 aromatic carbocycles. The van der Waals surface area contributed by atoms with Gasteiger partial charge < -0.3 is 14.8 Å². The Morgan fingerprint density at radius 2 is 1.48 bits per heavy atom. The van der Waals surface area contributed by atoms with Crippen LogP contribution in [-0.4, -0.2) is 23.2 Å². The zero-order valence-electron chi connectivity index (χ0n) is 16.7. The molecule has 4 rings (SSSR count). The number of nitrogens with zero attached hydrogens (tertiary/aromatic N) is 2. The van der Waals surface area contributed by atoms with E-state index in [-0.39, 0.29) is 6.10 Å². The average molecular weight is 385 g/mol. The highest BCUT2D eigenvalue weighted by Gasteiger charge is 2.10. The van der Waals surface area contributed by atoms with Gasteiger partial charge in [-0.05, 0) is 74.5 Å². The van der Waals surface area contributed by atoms with Gasteiger partial charge in [-0.3, -0.25) is 0 Å². The van der Waals surface area contributed by atoms with Crippen molar-refractivity contribution in [2.45, 2.75) is 20.0 Å². The lowest BCUT2D eigenvalue weighted by Crippen LogP contribution is -2.05. The van der Waals surface area contributed by atoms with Gasteiger partial charge in [0.25, 0.3) is 0 Å². The van der Waals surface area contributed by atoms with Crippen LogP contribution < -0.4 is 14.8 Å². The van der Waals surface area contributed by atoms with Crippen LogP contribution >= 0.6 is 0 Å². The van der Waals surface area contributed by atoms with Crippen LogP contribution in [0, 0.1) is 0 Å². The second-order valence-electron chi connectivity index (χ2n) is 6.96. The molecule has 0 saturated carbocycles. The molecule has 0 atom stereocenters. The Bertz CT molecular complexity index is 1110. The van der Waals surface area contributed by atoms with Crippen LogP contribution in [0.1, 0.15) is 13.8 Å². The van der Waals surface area contributed by atoms with Crippen LogP contribution in [0.25, 0.3) is 22.3 Å². The van der Waals surface area contributed by atoms with E-state index < -0.39 is 0 Å². The lowest BCUT2D eigenvalue weighted by Gasteiger charge is -2.13. The molecule has 0 aliphatic carbocycles. The number of para-hydroxylation sites is 1. The summed E-state index contributed by atoms with van der Waals surface area (Å²) in [4.78, 5) is 9.54. The van der Waals surface area contributed by atoms with E-state index in [4.69, 9.17) is 19.4 Å². The molecule has 0 fully saturated rings. The number of hydrogen-bond acceptors (Lipinski definition) is 5. The summed E-state index contributed by atoms with van der Waals surface area (Å²) >= 11 is 0. The molecule has 0 radical (unpaired) electrons. The van der Waals surface area contributed by atoms with Crippen molar-refractivity contribution in [2.75, 3.05) is 12.4 Å². The van der Waals surface area contributed by atoms with Gasteiger partial charge in [0.2, 0.25) is 0 Å². The van der Waals surface area contributed by atoms with E-state index >= 15 is 0 Å². The van der Waals surface area contributed by atoms with E-state index in [1.54, 1.807) is 7.11 Å². The summed E-state index contributed by atoms with van der Waals surface area (Å²) in [6.45, 7) is 4.03. The van der Waals surface area contributed by atoms with E-state index in [1.165, 1.54) is 0 Å². The molecule has 0 saturated heterocycles. The first-order valence-electron chi connectivity index (χ1n) is 9.57. The Labute approximate surface area is 170 Å². The fourth-order valence-corrected chi connectivity index (χ4v) is 3.07. The van der Waals surface area contributed by atoms with E-state index in [1.807, 2.05) is 86.6 Å². The summed E-state index contributed by atoms with van der Waals surface area (Å²) in [5.74, 6) is 3.07. The highest BCUT2D eigenvalue weighted by atomic mass is 16.5. The van der Waals surface area contributed by atoms with Gasteiger partial charge in [-0.2, -0.15) is 0 Å². The molecule has 0 amide bonds. The second kappa shape index (κ2) is 8.19. The number of anilines is 2. The van der Waals surface area contributed by atoms with Gasteiger partial charge in [0, 0.05) is 16.6 Å². The predicted molar refractivity (Wildman–Crippen MR) is 117 cm³/mol. The van der Waals surface area contributed by atoms with Crippen LogP contribution in [0.2, 0.25) is 0 Å². The number of aromatic nitrogens is 2. The van der Waals surface area contributed by atoms with Gasteiger partial charge in [-0.25, -0.2) is 9.97 Å². The SMILES string of the molecule is COc1ccc(-c2nc(Nc3ccc(OC(C)C)cc3)c3ccccc3n2)cc1. The number of benzene rings is 3. The largest absolute Gasteiger partial charge is 0.497 e. The first kappa shape index (κ1) is 18.7. The third-order valence-corrected chi connectivity index (χ3v) is 4.44. The van der Waals surface area contributed by atoms with E-state index in [2.05, 4.69) is 5.32 Å². The topological polar surface area (TPSA) is 56.3 Å². The number of rotatable bonds is 6. The summed E-state index contributed by atoms with van der Waals surface area (Å²) in [5, 5.41) is 4.39. The highest BCUT2D eigenvalue weighted by molar-refractivity contribution is 5.92. The molecular weight excluding hydrogens is 362 g/mol. The summed E-state index contributed by atoms with van der Waals surface area (Å²) in [6, 6.07) is 23.6. The maximum atomic E-state index is 5.72. The maximum Gasteiger partial charge on any atom is 0.162 e. The van der Waals surface area contributed by atoms with E-state index in [0.717, 1.165) is 39.5 Å². The molecule has 5 heteroatoms. The number of ether oxygens (including phenoxy) is 2. The van der Waals surface area contributed by atoms with Crippen molar-refractivity contribution in [3.8, 4) is 22.9 Å². The van der Waals surface area contributed by atoms with Crippen molar-refractivity contribution in [2.24, 2.45) is 0 Å². The van der Waals surface area contributed by atoms with E-state index in [9.17, 15) is 0 Å². The van der Waals surface area contributed by atoms with Crippen molar-refractivity contribution >= 4 is 22.4 Å². The predicted octanol–water partition coefficient (Wildman–Crippen LogP) is 5.84. The zero-order chi connectivity index (χ0) is 20.2. The monoisotopic (exact) mass is 385 g/mol. The average Bonchev–Trinajstić information content (AvgIpc) is 2.75. The zero-order valence-corrected chi connectivity index (χ0v) is 16.7. The van der Waals surface area contributed by atoms with Crippen LogP contribution in [0.3, 0.4) is 0 Å². The van der Waals surface area contributed by atoms with Gasteiger partial charge in [0.05, 0.1) is 18.7 Å². The lowest BCUT2D eigenvalue weighted by molar-refractivity contribution is 0.242. The Morgan fingerprint density at radius 1 is 0.793 bits per heavy atom. The third-order valence-electron chi connectivity index (χ3n) is 4.44. The summed E-state index contributed by atoms with van der Waals surface area (Å²) in [5.41, 5.74) is 2.75. The Morgan fingerprint density at radius 3 is 2.17 bits per heavy atom. The normalized spacial score (nSPS) is 10.9. The Kier molecular flexibility index (Phi) is 5.29. The quantitative estimate of drug-likeness (QED) is 0.452. The van der Waals surface area contributed by atoms with Crippen molar-refractivity contribution in [1.29, 1.82) is 0 Å². The fourth-order valence-electron chi connectivity index (χ4n) is 3.07. The number of nitrogens with one attached hydrogen (secondary N) is 1. The third kappa shape index (κ3) is 4.29. The lowest BCUT2D eigenvalue weighted by atomic mass is 10.1. The first-order valence-corrected chi connectivity index (χ1v) is 9.57. The van der Waals surface area contributed by atoms with Crippen molar-refractivity contribution in [1.82, 2.24) is 9.97 Å². The Hall–Kier alpha value is -3.60. The molecule has 146 valence electrons. The molecule has 0 aliphatic rings. The molecule has 1 N–H and O–H groups in total.